The molecule has 1 unspecified atom stereocenters. The fourth-order valence-corrected chi connectivity index (χ4v) is 2.31. The summed E-state index contributed by atoms with van der Waals surface area (Å²) < 4.78 is 0. The summed E-state index contributed by atoms with van der Waals surface area (Å²) in [5, 5.41) is 12.0. The molecule has 0 aromatic heterocycles. The number of carboxylic acid groups (broad SMARTS) is 1. The van der Waals surface area contributed by atoms with E-state index in [-0.39, 0.29) is 12.5 Å². The van der Waals surface area contributed by atoms with E-state index in [1.165, 1.54) is 4.90 Å². The minimum absolute atomic E-state index is 0.0334. The quantitative estimate of drug-likeness (QED) is 0.744. The topological polar surface area (TPSA) is 69.6 Å². The van der Waals surface area contributed by atoms with Crippen molar-refractivity contribution in [1.82, 2.24) is 10.2 Å². The standard InChI is InChI=1S/C12H22N2O3/c1-3-7-14(8-10(15)16)11(17)12(2)5-4-6-13-9-12/h13H,3-9H2,1-2H3,(H,15,16). The Morgan fingerprint density at radius 2 is 2.18 bits per heavy atom. The largest absolute Gasteiger partial charge is 0.480 e. The number of hydrogen-bond donors (Lipinski definition) is 2. The van der Waals surface area contributed by atoms with Crippen LogP contribution in [-0.2, 0) is 9.59 Å². The first-order valence-electron chi connectivity index (χ1n) is 6.21. The zero-order chi connectivity index (χ0) is 12.9. The summed E-state index contributed by atoms with van der Waals surface area (Å²) in [6, 6.07) is 0. The van der Waals surface area contributed by atoms with Gasteiger partial charge in [0.05, 0.1) is 5.41 Å². The van der Waals surface area contributed by atoms with Crippen LogP contribution in [0.5, 0.6) is 0 Å². The van der Waals surface area contributed by atoms with E-state index in [9.17, 15) is 9.59 Å². The molecule has 0 aromatic rings. The minimum Gasteiger partial charge on any atom is -0.480 e. The van der Waals surface area contributed by atoms with Gasteiger partial charge in [0.15, 0.2) is 0 Å². The van der Waals surface area contributed by atoms with E-state index in [1.807, 2.05) is 13.8 Å². The number of nitrogens with one attached hydrogen (secondary N) is 1. The van der Waals surface area contributed by atoms with Crippen molar-refractivity contribution in [2.75, 3.05) is 26.2 Å². The molecule has 98 valence electrons. The molecule has 0 spiro atoms. The van der Waals surface area contributed by atoms with Gasteiger partial charge in [-0.1, -0.05) is 6.92 Å². The normalized spacial score (nSPS) is 24.4. The zero-order valence-electron chi connectivity index (χ0n) is 10.7. The van der Waals surface area contributed by atoms with Crippen molar-refractivity contribution in [3.8, 4) is 0 Å². The van der Waals surface area contributed by atoms with Gasteiger partial charge < -0.3 is 15.3 Å². The van der Waals surface area contributed by atoms with Crippen LogP contribution in [-0.4, -0.2) is 48.1 Å². The lowest BCUT2D eigenvalue weighted by Gasteiger charge is -2.36. The third-order valence-electron chi connectivity index (χ3n) is 3.22. The van der Waals surface area contributed by atoms with Gasteiger partial charge in [-0.05, 0) is 32.7 Å². The number of piperidine rings is 1. The average Bonchev–Trinajstić information content (AvgIpc) is 2.28. The van der Waals surface area contributed by atoms with E-state index < -0.39 is 11.4 Å². The molecule has 17 heavy (non-hydrogen) atoms. The number of rotatable bonds is 5. The van der Waals surface area contributed by atoms with Gasteiger partial charge in [-0.25, -0.2) is 0 Å². The van der Waals surface area contributed by atoms with Crippen LogP contribution in [0.4, 0.5) is 0 Å². The highest BCUT2D eigenvalue weighted by Gasteiger charge is 2.37. The van der Waals surface area contributed by atoms with E-state index >= 15 is 0 Å². The van der Waals surface area contributed by atoms with Crippen molar-refractivity contribution >= 4 is 11.9 Å². The summed E-state index contributed by atoms with van der Waals surface area (Å²) >= 11 is 0. The molecule has 5 heteroatoms. The Morgan fingerprint density at radius 1 is 1.47 bits per heavy atom. The lowest BCUT2D eigenvalue weighted by atomic mass is 9.81. The molecule has 5 nitrogen and oxygen atoms in total. The summed E-state index contributed by atoms with van der Waals surface area (Å²) in [7, 11) is 0. The van der Waals surface area contributed by atoms with E-state index in [2.05, 4.69) is 5.32 Å². The van der Waals surface area contributed by atoms with Crippen LogP contribution >= 0.6 is 0 Å². The Morgan fingerprint density at radius 3 is 2.65 bits per heavy atom. The predicted molar refractivity (Wildman–Crippen MR) is 64.7 cm³/mol. The molecule has 0 aliphatic carbocycles. The highest BCUT2D eigenvalue weighted by atomic mass is 16.4. The van der Waals surface area contributed by atoms with Crippen molar-refractivity contribution in [3.63, 3.8) is 0 Å². The van der Waals surface area contributed by atoms with Gasteiger partial charge in [0, 0.05) is 13.1 Å². The fraction of sp³-hybridized carbons (Fsp3) is 0.833. The van der Waals surface area contributed by atoms with Gasteiger partial charge in [-0.3, -0.25) is 9.59 Å². The van der Waals surface area contributed by atoms with E-state index in [0.29, 0.717) is 13.1 Å². The van der Waals surface area contributed by atoms with E-state index in [0.717, 1.165) is 25.8 Å². The maximum atomic E-state index is 12.4. The van der Waals surface area contributed by atoms with Crippen LogP contribution in [0.15, 0.2) is 0 Å². The second-order valence-corrected chi connectivity index (χ2v) is 4.96. The Bertz CT molecular complexity index is 285. The number of carboxylic acids is 1. The average molecular weight is 242 g/mol. The van der Waals surface area contributed by atoms with Crippen molar-refractivity contribution in [2.45, 2.75) is 33.1 Å². The van der Waals surface area contributed by atoms with Crippen molar-refractivity contribution in [1.29, 1.82) is 0 Å². The van der Waals surface area contributed by atoms with Crippen molar-refractivity contribution in [2.24, 2.45) is 5.41 Å². The zero-order valence-corrected chi connectivity index (χ0v) is 10.7. The van der Waals surface area contributed by atoms with Gasteiger partial charge >= 0.3 is 5.97 Å². The smallest absolute Gasteiger partial charge is 0.323 e. The number of carbonyl (C=O) groups is 2. The lowest BCUT2D eigenvalue weighted by molar-refractivity contribution is -0.150. The van der Waals surface area contributed by atoms with E-state index in [1.54, 1.807) is 0 Å². The SMILES string of the molecule is CCCN(CC(=O)O)C(=O)C1(C)CCCNC1. The minimum atomic E-state index is -0.945. The molecule has 0 radical (unpaired) electrons. The molecule has 1 aliphatic rings. The highest BCUT2D eigenvalue weighted by molar-refractivity contribution is 5.86. The lowest BCUT2D eigenvalue weighted by Crippen LogP contribution is -2.51. The molecule has 1 saturated heterocycles. The number of carbonyl (C=O) groups excluding carboxylic acids is 1. The van der Waals surface area contributed by atoms with Gasteiger partial charge in [-0.15, -0.1) is 0 Å². The van der Waals surface area contributed by atoms with Gasteiger partial charge in [0.2, 0.25) is 5.91 Å². The van der Waals surface area contributed by atoms with Crippen molar-refractivity contribution < 1.29 is 14.7 Å². The molecule has 1 fully saturated rings. The molecule has 0 saturated carbocycles. The summed E-state index contributed by atoms with van der Waals surface area (Å²) in [6.07, 6.45) is 2.58. The third-order valence-corrected chi connectivity index (χ3v) is 3.22. The molecule has 0 aromatic carbocycles. The summed E-state index contributed by atoms with van der Waals surface area (Å²) in [5.74, 6) is -0.979. The van der Waals surface area contributed by atoms with Gasteiger partial charge in [0.1, 0.15) is 6.54 Å². The van der Waals surface area contributed by atoms with Crippen LogP contribution in [0.25, 0.3) is 0 Å². The van der Waals surface area contributed by atoms with Crippen LogP contribution in [0, 0.1) is 5.41 Å². The maximum absolute atomic E-state index is 12.4. The number of amides is 1. The Kier molecular flexibility index (Phi) is 4.93. The van der Waals surface area contributed by atoms with Crippen LogP contribution < -0.4 is 5.32 Å². The monoisotopic (exact) mass is 242 g/mol. The predicted octanol–water partition coefficient (Wildman–Crippen LogP) is 0.699. The molecule has 2 N–H and O–H groups in total. The summed E-state index contributed by atoms with van der Waals surface area (Å²) in [4.78, 5) is 24.6. The molecular weight excluding hydrogens is 220 g/mol. The van der Waals surface area contributed by atoms with Gasteiger partial charge in [0.25, 0.3) is 0 Å². The number of aliphatic carboxylic acids is 1. The molecule has 1 rings (SSSR count). The summed E-state index contributed by atoms with van der Waals surface area (Å²) in [5.41, 5.74) is -0.442. The molecule has 1 atom stereocenters. The molecular formula is C12H22N2O3. The van der Waals surface area contributed by atoms with Crippen molar-refractivity contribution in [3.05, 3.63) is 0 Å². The first-order chi connectivity index (χ1) is 7.99. The van der Waals surface area contributed by atoms with Gasteiger partial charge in [-0.2, -0.15) is 0 Å². The van der Waals surface area contributed by atoms with Crippen LogP contribution in [0.2, 0.25) is 0 Å². The molecule has 1 amide bonds. The maximum Gasteiger partial charge on any atom is 0.323 e. The number of hydrogen-bond acceptors (Lipinski definition) is 3. The second kappa shape index (κ2) is 6.00. The van der Waals surface area contributed by atoms with Crippen LogP contribution in [0.1, 0.15) is 33.1 Å². The number of nitrogens with zero attached hydrogens (tertiary/aromatic N) is 1. The van der Waals surface area contributed by atoms with Crippen LogP contribution in [0.3, 0.4) is 0 Å². The van der Waals surface area contributed by atoms with E-state index in [4.69, 9.17) is 5.11 Å². The Labute approximate surface area is 102 Å². The molecule has 1 heterocycles. The highest BCUT2D eigenvalue weighted by Crippen LogP contribution is 2.28. The Hall–Kier alpha value is -1.10. The third kappa shape index (κ3) is 3.70. The first-order valence-corrected chi connectivity index (χ1v) is 6.21. The molecule has 0 bridgehead atoms. The molecule has 1 aliphatic heterocycles. The fourth-order valence-electron chi connectivity index (χ4n) is 2.31. The second-order valence-electron chi connectivity index (χ2n) is 4.96. The first kappa shape index (κ1) is 14.0. The Balaban J connectivity index is 2.71. The summed E-state index contributed by atoms with van der Waals surface area (Å²) in [6.45, 7) is 5.78.